The summed E-state index contributed by atoms with van der Waals surface area (Å²) in [5.74, 6) is 0.561. The fourth-order valence-corrected chi connectivity index (χ4v) is 5.11. The molecular weight excluding hydrogens is 576 g/mol. The zero-order valence-corrected chi connectivity index (χ0v) is 23.3. The van der Waals surface area contributed by atoms with Gasteiger partial charge in [0.15, 0.2) is 11.5 Å². The first-order valence-corrected chi connectivity index (χ1v) is 13.0. The molecule has 0 aliphatic carbocycles. The van der Waals surface area contributed by atoms with Crippen LogP contribution in [-0.2, 0) is 11.2 Å². The highest BCUT2D eigenvalue weighted by atomic mass is 79.9. The fraction of sp³-hybridized carbons (Fsp3) is 0.286. The van der Waals surface area contributed by atoms with Crippen LogP contribution in [0.15, 0.2) is 57.5 Å². The van der Waals surface area contributed by atoms with E-state index in [0.717, 1.165) is 17.5 Å². The van der Waals surface area contributed by atoms with Crippen LogP contribution >= 0.6 is 31.9 Å². The smallest absolute Gasteiger partial charge is 0.307 e. The summed E-state index contributed by atoms with van der Waals surface area (Å²) in [7, 11) is 0. The minimum atomic E-state index is -0.923. The Kier molecular flexibility index (Phi) is 9.14. The third-order valence-corrected chi connectivity index (χ3v) is 6.52. The molecule has 0 aliphatic heterocycles. The number of halogens is 2. The number of carboxylic acids is 1. The Morgan fingerprint density at radius 1 is 1.00 bits per heavy atom. The number of aliphatic carboxylic acids is 1. The Morgan fingerprint density at radius 2 is 1.69 bits per heavy atom. The molecule has 0 saturated heterocycles. The van der Waals surface area contributed by atoms with E-state index in [2.05, 4.69) is 45.7 Å². The van der Waals surface area contributed by atoms with Gasteiger partial charge in [-0.25, -0.2) is 0 Å². The van der Waals surface area contributed by atoms with E-state index in [9.17, 15) is 9.59 Å². The number of ketones is 1. The van der Waals surface area contributed by atoms with Crippen LogP contribution in [0, 0.1) is 6.92 Å². The first-order chi connectivity index (χ1) is 16.6. The lowest BCUT2D eigenvalue weighted by Crippen LogP contribution is -2.08. The average molecular weight is 604 g/mol. The summed E-state index contributed by atoms with van der Waals surface area (Å²) in [4.78, 5) is 24.8. The highest BCUT2D eigenvalue weighted by molar-refractivity contribution is 9.11. The maximum Gasteiger partial charge on any atom is 0.307 e. The molecule has 0 radical (unpaired) electrons. The summed E-state index contributed by atoms with van der Waals surface area (Å²) in [6.45, 7) is 8.65. The minimum Gasteiger partial charge on any atom is -0.493 e. The molecule has 0 fully saturated rings. The van der Waals surface area contributed by atoms with Gasteiger partial charge in [-0.3, -0.25) is 9.59 Å². The van der Waals surface area contributed by atoms with Gasteiger partial charge in [0.1, 0.15) is 11.5 Å². The molecule has 0 atom stereocenters. The summed E-state index contributed by atoms with van der Waals surface area (Å²) in [6, 6.07) is 14.5. The van der Waals surface area contributed by atoms with Crippen LogP contribution < -0.4 is 9.47 Å². The second kappa shape index (κ2) is 11.9. The number of rotatable bonds is 10. The monoisotopic (exact) mass is 602 g/mol. The van der Waals surface area contributed by atoms with Gasteiger partial charge in [0.25, 0.3) is 0 Å². The van der Waals surface area contributed by atoms with Crippen molar-refractivity contribution in [1.82, 2.24) is 0 Å². The van der Waals surface area contributed by atoms with E-state index >= 15 is 0 Å². The number of benzene rings is 3. The van der Waals surface area contributed by atoms with E-state index in [1.54, 1.807) is 24.3 Å². The van der Waals surface area contributed by atoms with Crippen molar-refractivity contribution in [3.05, 3.63) is 85.3 Å². The van der Waals surface area contributed by atoms with Crippen LogP contribution in [0.5, 0.6) is 17.2 Å². The van der Waals surface area contributed by atoms with Crippen molar-refractivity contribution >= 4 is 43.6 Å². The topological polar surface area (TPSA) is 72.8 Å². The minimum absolute atomic E-state index is 0.116. The maximum atomic E-state index is 13.6. The largest absolute Gasteiger partial charge is 0.493 e. The van der Waals surface area contributed by atoms with Gasteiger partial charge in [-0.1, -0.05) is 44.5 Å². The number of hydrogen-bond acceptors (Lipinski definition) is 4. The molecule has 184 valence electrons. The van der Waals surface area contributed by atoms with Crippen molar-refractivity contribution in [2.24, 2.45) is 0 Å². The van der Waals surface area contributed by atoms with E-state index < -0.39 is 5.97 Å². The summed E-state index contributed by atoms with van der Waals surface area (Å²) in [5, 5.41) is 9.14. The van der Waals surface area contributed by atoms with Crippen molar-refractivity contribution < 1.29 is 24.2 Å². The molecular formula is C28H28Br2O5. The number of ether oxygens (including phenoxy) is 2. The van der Waals surface area contributed by atoms with E-state index in [4.69, 9.17) is 14.6 Å². The lowest BCUT2D eigenvalue weighted by Gasteiger charge is -2.20. The molecule has 3 rings (SSSR count). The molecule has 0 aromatic heterocycles. The summed E-state index contributed by atoms with van der Waals surface area (Å²) >= 11 is 7.00. The highest BCUT2D eigenvalue weighted by Gasteiger charge is 2.23. The molecule has 3 aromatic carbocycles. The molecule has 0 amide bonds. The van der Waals surface area contributed by atoms with Gasteiger partial charge in [-0.15, -0.1) is 0 Å². The molecule has 7 heteroatoms. The van der Waals surface area contributed by atoms with Gasteiger partial charge in [-0.05, 0) is 87.0 Å². The van der Waals surface area contributed by atoms with Crippen LogP contribution in [0.3, 0.4) is 0 Å². The van der Waals surface area contributed by atoms with Crippen LogP contribution in [0.1, 0.15) is 65.7 Å². The lowest BCUT2D eigenvalue weighted by atomic mass is 9.95. The molecule has 35 heavy (non-hydrogen) atoms. The first kappa shape index (κ1) is 27.0. The van der Waals surface area contributed by atoms with Crippen LogP contribution in [0.2, 0.25) is 0 Å². The molecule has 0 spiro atoms. The summed E-state index contributed by atoms with van der Waals surface area (Å²) in [5.41, 5.74) is 3.48. The normalized spacial score (nSPS) is 10.9. The predicted molar refractivity (Wildman–Crippen MR) is 144 cm³/mol. The van der Waals surface area contributed by atoms with Crippen molar-refractivity contribution in [3.63, 3.8) is 0 Å². The van der Waals surface area contributed by atoms with Crippen LogP contribution in [0.4, 0.5) is 0 Å². The zero-order chi connectivity index (χ0) is 25.7. The average Bonchev–Trinajstić information content (AvgIpc) is 2.79. The van der Waals surface area contributed by atoms with Crippen molar-refractivity contribution in [3.8, 4) is 17.2 Å². The highest BCUT2D eigenvalue weighted by Crippen LogP contribution is 2.42. The van der Waals surface area contributed by atoms with Crippen LogP contribution in [0.25, 0.3) is 0 Å². The van der Waals surface area contributed by atoms with Gasteiger partial charge in [0.2, 0.25) is 0 Å². The molecule has 0 aliphatic rings. The Balaban J connectivity index is 2.15. The zero-order valence-electron chi connectivity index (χ0n) is 20.2. The molecule has 0 heterocycles. The number of hydrogen-bond donors (Lipinski definition) is 1. The number of carbonyl (C=O) groups excluding carboxylic acids is 1. The van der Waals surface area contributed by atoms with E-state index in [1.807, 2.05) is 38.1 Å². The third kappa shape index (κ3) is 6.73. The standard InChI is InChI=1S/C28H28Br2O5/c1-5-9-34-24-15-21(27(33)19-8-6-7-17(4)10-19)25(14-20(24)16(2)3)35-28-22(29)11-18(12-23(28)30)13-26(31)32/h6-8,10-12,14-16H,5,9,13H2,1-4H3,(H,31,32). The lowest BCUT2D eigenvalue weighted by molar-refractivity contribution is -0.136. The van der Waals surface area contributed by atoms with Gasteiger partial charge >= 0.3 is 5.97 Å². The van der Waals surface area contributed by atoms with Crippen molar-refractivity contribution in [2.75, 3.05) is 6.61 Å². The van der Waals surface area contributed by atoms with Gasteiger partial charge < -0.3 is 14.6 Å². The molecule has 0 unspecified atom stereocenters. The van der Waals surface area contributed by atoms with Crippen molar-refractivity contribution in [2.45, 2.75) is 46.5 Å². The third-order valence-electron chi connectivity index (χ3n) is 5.35. The van der Waals surface area contributed by atoms with E-state index in [0.29, 0.717) is 49.5 Å². The summed E-state index contributed by atoms with van der Waals surface area (Å²) in [6.07, 6.45) is 0.731. The Morgan fingerprint density at radius 3 is 2.26 bits per heavy atom. The molecule has 0 saturated carbocycles. The van der Waals surface area contributed by atoms with E-state index in [1.165, 1.54) is 0 Å². The first-order valence-electron chi connectivity index (χ1n) is 11.4. The fourth-order valence-electron chi connectivity index (χ4n) is 3.66. The maximum absolute atomic E-state index is 13.6. The van der Waals surface area contributed by atoms with Crippen molar-refractivity contribution in [1.29, 1.82) is 0 Å². The number of aryl methyl sites for hydroxylation is 1. The Labute approximate surface area is 222 Å². The molecule has 5 nitrogen and oxygen atoms in total. The van der Waals surface area contributed by atoms with Gasteiger partial charge in [-0.2, -0.15) is 0 Å². The summed E-state index contributed by atoms with van der Waals surface area (Å²) < 4.78 is 13.5. The van der Waals surface area contributed by atoms with Crippen LogP contribution in [-0.4, -0.2) is 23.5 Å². The SMILES string of the molecule is CCCOc1cc(C(=O)c2cccc(C)c2)c(Oc2c(Br)cc(CC(=O)O)cc2Br)cc1C(C)C. The Hall–Kier alpha value is -2.64. The van der Waals surface area contributed by atoms with Gasteiger partial charge in [0.05, 0.1) is 27.5 Å². The van der Waals surface area contributed by atoms with E-state index in [-0.39, 0.29) is 18.1 Å². The second-order valence-corrected chi connectivity index (χ2v) is 10.4. The van der Waals surface area contributed by atoms with Gasteiger partial charge in [0, 0.05) is 11.1 Å². The number of carbonyl (C=O) groups is 2. The molecule has 1 N–H and O–H groups in total. The quantitative estimate of drug-likeness (QED) is 0.237. The molecule has 0 bridgehead atoms. The second-order valence-electron chi connectivity index (χ2n) is 8.65. The number of carboxylic acid groups (broad SMARTS) is 1. The molecule has 3 aromatic rings. The Bertz CT molecular complexity index is 1230. The predicted octanol–water partition coefficient (Wildman–Crippen LogP) is 8.08.